The Bertz CT molecular complexity index is 1110. The van der Waals surface area contributed by atoms with Gasteiger partial charge >= 0.3 is 5.97 Å². The highest BCUT2D eigenvalue weighted by Gasteiger charge is 2.23. The van der Waals surface area contributed by atoms with Crippen LogP contribution >= 0.6 is 0 Å². The molecule has 0 aliphatic heterocycles. The van der Waals surface area contributed by atoms with Gasteiger partial charge in [-0.15, -0.1) is 0 Å². The Hall–Kier alpha value is -4.01. The van der Waals surface area contributed by atoms with Crippen molar-refractivity contribution in [2.75, 3.05) is 12.4 Å². The maximum Gasteiger partial charge on any atom is 0.330 e. The number of nitro groups is 1. The summed E-state index contributed by atoms with van der Waals surface area (Å²) < 4.78 is 20.1. The summed E-state index contributed by atoms with van der Waals surface area (Å²) >= 11 is 0. The van der Waals surface area contributed by atoms with Gasteiger partial charge in [-0.05, 0) is 35.4 Å². The third-order valence-electron chi connectivity index (χ3n) is 4.43. The maximum atomic E-state index is 13.8. The zero-order valence-corrected chi connectivity index (χ0v) is 16.3. The molecule has 0 saturated carbocycles. The number of esters is 1. The van der Waals surface area contributed by atoms with E-state index in [-0.39, 0.29) is 11.4 Å². The lowest BCUT2D eigenvalue weighted by Crippen LogP contribution is -2.17. The van der Waals surface area contributed by atoms with Crippen molar-refractivity contribution in [2.45, 2.75) is 6.04 Å². The number of aromatic nitrogens is 2. The van der Waals surface area contributed by atoms with E-state index in [0.29, 0.717) is 17.0 Å². The number of halogens is 1. The summed E-state index contributed by atoms with van der Waals surface area (Å²) in [7, 11) is 3.03. The van der Waals surface area contributed by atoms with E-state index in [1.165, 1.54) is 43.5 Å². The lowest BCUT2D eigenvalue weighted by molar-refractivity contribution is -0.384. The Morgan fingerprint density at radius 1 is 1.33 bits per heavy atom. The maximum absolute atomic E-state index is 13.8. The number of hydrogen-bond acceptors (Lipinski definition) is 6. The summed E-state index contributed by atoms with van der Waals surface area (Å²) in [5.41, 5.74) is 1.05. The van der Waals surface area contributed by atoms with E-state index in [0.717, 1.165) is 0 Å². The number of methoxy groups -OCH3 is 1. The molecule has 9 heteroatoms. The number of hydrogen-bond donors (Lipinski definition) is 1. The quantitative estimate of drug-likeness (QED) is 0.275. The Labute approximate surface area is 171 Å². The molecule has 8 nitrogen and oxygen atoms in total. The zero-order valence-electron chi connectivity index (χ0n) is 16.3. The van der Waals surface area contributed by atoms with Gasteiger partial charge in [-0.25, -0.2) is 14.2 Å². The van der Waals surface area contributed by atoms with E-state index in [4.69, 9.17) is 0 Å². The average Bonchev–Trinajstić information content (AvgIpc) is 3.16. The fraction of sp³-hybridized carbons (Fsp3) is 0.143. The normalized spacial score (nSPS) is 12.0. The van der Waals surface area contributed by atoms with Crippen molar-refractivity contribution in [3.63, 3.8) is 0 Å². The molecule has 0 fully saturated rings. The highest BCUT2D eigenvalue weighted by Crippen LogP contribution is 2.32. The molecular formula is C21H19FN4O4. The van der Waals surface area contributed by atoms with Crippen molar-refractivity contribution in [1.29, 1.82) is 0 Å². The Morgan fingerprint density at radius 2 is 2.13 bits per heavy atom. The Morgan fingerprint density at radius 3 is 2.77 bits per heavy atom. The van der Waals surface area contributed by atoms with Gasteiger partial charge in [0.25, 0.3) is 5.69 Å². The summed E-state index contributed by atoms with van der Waals surface area (Å²) in [6.07, 6.45) is 5.93. The van der Waals surface area contributed by atoms with Gasteiger partial charge in [-0.2, -0.15) is 0 Å². The van der Waals surface area contributed by atoms with Gasteiger partial charge in [0, 0.05) is 31.6 Å². The molecule has 0 radical (unpaired) electrons. The lowest BCUT2D eigenvalue weighted by Gasteiger charge is -2.20. The summed E-state index contributed by atoms with van der Waals surface area (Å²) in [6.45, 7) is 0. The molecule has 0 aliphatic rings. The number of carbonyl (C=O) groups is 1. The van der Waals surface area contributed by atoms with E-state index in [1.807, 2.05) is 0 Å². The second-order valence-electron chi connectivity index (χ2n) is 6.42. The molecule has 0 amide bonds. The van der Waals surface area contributed by atoms with Crippen molar-refractivity contribution in [3.8, 4) is 0 Å². The van der Waals surface area contributed by atoms with Crippen molar-refractivity contribution in [1.82, 2.24) is 9.55 Å². The van der Waals surface area contributed by atoms with E-state index in [2.05, 4.69) is 15.0 Å². The number of imidazole rings is 1. The second kappa shape index (κ2) is 8.99. The van der Waals surface area contributed by atoms with Crippen LogP contribution in [0.5, 0.6) is 0 Å². The summed E-state index contributed by atoms with van der Waals surface area (Å²) in [6, 6.07) is 9.82. The minimum atomic E-state index is -0.629. The fourth-order valence-corrected chi connectivity index (χ4v) is 2.95. The SMILES string of the molecule is COC(=O)/C=C/c1ccc(NC(c2cccc(F)c2)c2nccn2C)c([N+](=O)[O-])c1. The van der Waals surface area contributed by atoms with Crippen LogP contribution in [0.15, 0.2) is 60.9 Å². The molecule has 0 aliphatic carbocycles. The molecule has 1 N–H and O–H groups in total. The van der Waals surface area contributed by atoms with E-state index in [9.17, 15) is 19.3 Å². The molecule has 1 heterocycles. The molecule has 2 aromatic carbocycles. The molecule has 3 rings (SSSR count). The number of aryl methyl sites for hydroxylation is 1. The first-order valence-corrected chi connectivity index (χ1v) is 8.92. The van der Waals surface area contributed by atoms with Gasteiger partial charge in [0.2, 0.25) is 0 Å². The van der Waals surface area contributed by atoms with Crippen molar-refractivity contribution in [3.05, 3.63) is 93.8 Å². The van der Waals surface area contributed by atoms with Crippen LogP contribution in [-0.4, -0.2) is 27.6 Å². The monoisotopic (exact) mass is 410 g/mol. The molecule has 1 atom stereocenters. The van der Waals surface area contributed by atoms with Crippen LogP contribution in [0.1, 0.15) is 23.0 Å². The van der Waals surface area contributed by atoms with E-state index < -0.39 is 22.8 Å². The Kier molecular flexibility index (Phi) is 6.21. The number of nitro benzene ring substituents is 1. The number of nitrogens with one attached hydrogen (secondary N) is 1. The third kappa shape index (κ3) is 4.69. The van der Waals surface area contributed by atoms with Gasteiger partial charge in [-0.3, -0.25) is 10.1 Å². The van der Waals surface area contributed by atoms with Crippen LogP contribution in [0.3, 0.4) is 0 Å². The first-order valence-electron chi connectivity index (χ1n) is 8.92. The molecule has 30 heavy (non-hydrogen) atoms. The molecule has 0 spiro atoms. The topological polar surface area (TPSA) is 99.3 Å². The molecule has 154 valence electrons. The van der Waals surface area contributed by atoms with E-state index in [1.54, 1.807) is 42.2 Å². The first-order chi connectivity index (χ1) is 14.4. The largest absolute Gasteiger partial charge is 0.466 e. The minimum absolute atomic E-state index is 0.197. The van der Waals surface area contributed by atoms with Crippen LogP contribution < -0.4 is 5.32 Å². The molecule has 0 saturated heterocycles. The Balaban J connectivity index is 2.02. The molecule has 1 unspecified atom stereocenters. The molecular weight excluding hydrogens is 391 g/mol. The van der Waals surface area contributed by atoms with E-state index >= 15 is 0 Å². The lowest BCUT2D eigenvalue weighted by atomic mass is 10.0. The number of ether oxygens (including phenoxy) is 1. The smallest absolute Gasteiger partial charge is 0.330 e. The second-order valence-corrected chi connectivity index (χ2v) is 6.42. The van der Waals surface area contributed by atoms with Gasteiger partial charge in [0.1, 0.15) is 23.4 Å². The predicted molar refractivity (Wildman–Crippen MR) is 109 cm³/mol. The number of anilines is 1. The average molecular weight is 410 g/mol. The summed E-state index contributed by atoms with van der Waals surface area (Å²) in [5, 5.41) is 14.8. The van der Waals surface area contributed by atoms with Crippen molar-refractivity contribution in [2.24, 2.45) is 7.05 Å². The third-order valence-corrected chi connectivity index (χ3v) is 4.43. The van der Waals surface area contributed by atoms with Crippen molar-refractivity contribution < 1.29 is 18.8 Å². The van der Waals surface area contributed by atoms with Crippen LogP contribution in [-0.2, 0) is 16.6 Å². The standard InChI is InChI=1S/C21H19FN4O4/c1-25-11-10-23-21(25)20(15-4-3-5-16(22)13-15)24-17-8-6-14(7-9-19(27)30-2)12-18(17)26(28)29/h3-13,20,24H,1-2H3/b9-7+. The fourth-order valence-electron chi connectivity index (χ4n) is 2.95. The number of rotatable bonds is 7. The number of carbonyl (C=O) groups excluding carboxylic acids is 1. The van der Waals surface area contributed by atoms with Crippen LogP contribution in [0, 0.1) is 15.9 Å². The van der Waals surface area contributed by atoms with Crippen LogP contribution in [0.2, 0.25) is 0 Å². The molecule has 1 aromatic heterocycles. The van der Waals surface area contributed by atoms with Gasteiger partial charge < -0.3 is 14.6 Å². The summed E-state index contributed by atoms with van der Waals surface area (Å²) in [5.74, 6) is -0.434. The highest BCUT2D eigenvalue weighted by atomic mass is 19.1. The van der Waals surface area contributed by atoms with Crippen molar-refractivity contribution >= 4 is 23.4 Å². The number of nitrogens with zero attached hydrogens (tertiary/aromatic N) is 3. The van der Waals surface area contributed by atoms with Gasteiger partial charge in [-0.1, -0.05) is 18.2 Å². The molecule has 0 bridgehead atoms. The van der Waals surface area contributed by atoms with Gasteiger partial charge in [0.15, 0.2) is 0 Å². The van der Waals surface area contributed by atoms with Crippen LogP contribution in [0.4, 0.5) is 15.8 Å². The predicted octanol–water partition coefficient (Wildman–Crippen LogP) is 3.86. The van der Waals surface area contributed by atoms with Gasteiger partial charge in [0.05, 0.1) is 12.0 Å². The molecule has 3 aromatic rings. The highest BCUT2D eigenvalue weighted by molar-refractivity contribution is 5.87. The summed E-state index contributed by atoms with van der Waals surface area (Å²) in [4.78, 5) is 26.7. The van der Waals surface area contributed by atoms with Crippen LogP contribution in [0.25, 0.3) is 6.08 Å². The minimum Gasteiger partial charge on any atom is -0.466 e. The number of benzene rings is 2. The first kappa shape index (κ1) is 20.7. The zero-order chi connectivity index (χ0) is 21.7.